The Morgan fingerprint density at radius 3 is 2.33 bits per heavy atom. The largest absolute Gasteiger partial charge is 0.296 e. The van der Waals surface area contributed by atoms with Gasteiger partial charge in [-0.2, -0.15) is 0 Å². The third-order valence-electron chi connectivity index (χ3n) is 3.43. The monoisotopic (exact) mass is 214 g/mol. The molecule has 0 radical (unpaired) electrons. The molecule has 2 heteroatoms. The normalized spacial score (nSPS) is 22.7. The second-order valence-corrected chi connectivity index (χ2v) is 5.42. The standard InChI is InChI=1S/C13H23FO/c1-10(2)12(15)13(3,14)9-11-7-5-4-6-8-11/h10-11H,4-9H2,1-3H3. The highest BCUT2D eigenvalue weighted by atomic mass is 19.1. The minimum atomic E-state index is -1.60. The van der Waals surface area contributed by atoms with Gasteiger partial charge in [0.25, 0.3) is 0 Å². The number of ketones is 1. The Balaban J connectivity index is 2.50. The lowest BCUT2D eigenvalue weighted by Crippen LogP contribution is -2.36. The van der Waals surface area contributed by atoms with E-state index in [-0.39, 0.29) is 11.7 Å². The number of hydrogen-bond donors (Lipinski definition) is 0. The maximum Gasteiger partial charge on any atom is 0.172 e. The number of alkyl halides is 1. The molecule has 0 bridgehead atoms. The second kappa shape index (κ2) is 5.09. The predicted octanol–water partition coefficient (Wildman–Crippen LogP) is 3.91. The fraction of sp³-hybridized carbons (Fsp3) is 0.923. The lowest BCUT2D eigenvalue weighted by molar-refractivity contribution is -0.134. The van der Waals surface area contributed by atoms with Gasteiger partial charge in [-0.05, 0) is 19.3 Å². The maximum atomic E-state index is 14.2. The lowest BCUT2D eigenvalue weighted by Gasteiger charge is -2.28. The van der Waals surface area contributed by atoms with Crippen LogP contribution in [0.5, 0.6) is 0 Å². The lowest BCUT2D eigenvalue weighted by atomic mass is 9.79. The first kappa shape index (κ1) is 12.7. The van der Waals surface area contributed by atoms with Gasteiger partial charge in [-0.1, -0.05) is 46.0 Å². The molecule has 1 rings (SSSR count). The molecule has 1 saturated carbocycles. The van der Waals surface area contributed by atoms with Crippen molar-refractivity contribution in [2.45, 2.75) is 65.0 Å². The molecule has 1 unspecified atom stereocenters. The van der Waals surface area contributed by atoms with Gasteiger partial charge < -0.3 is 0 Å². The summed E-state index contributed by atoms with van der Waals surface area (Å²) in [6.07, 6.45) is 6.32. The van der Waals surface area contributed by atoms with Crippen LogP contribution in [0.25, 0.3) is 0 Å². The second-order valence-electron chi connectivity index (χ2n) is 5.42. The summed E-state index contributed by atoms with van der Waals surface area (Å²) in [6, 6.07) is 0. The van der Waals surface area contributed by atoms with Gasteiger partial charge in [0.2, 0.25) is 0 Å². The minimum absolute atomic E-state index is 0.191. The maximum absolute atomic E-state index is 14.2. The van der Waals surface area contributed by atoms with Gasteiger partial charge >= 0.3 is 0 Å². The summed E-state index contributed by atoms with van der Waals surface area (Å²) in [5.74, 6) is 0.00751. The molecule has 1 nitrogen and oxygen atoms in total. The number of Topliss-reactive ketones (excluding diaryl/α,β-unsaturated/α-hetero) is 1. The van der Waals surface area contributed by atoms with Gasteiger partial charge in [-0.3, -0.25) is 4.79 Å². The van der Waals surface area contributed by atoms with E-state index in [1.807, 2.05) is 0 Å². The summed E-state index contributed by atoms with van der Waals surface area (Å²) in [5, 5.41) is 0. The number of carbonyl (C=O) groups is 1. The van der Waals surface area contributed by atoms with Crippen LogP contribution in [0.15, 0.2) is 0 Å². The highest BCUT2D eigenvalue weighted by molar-refractivity contribution is 5.88. The summed E-state index contributed by atoms with van der Waals surface area (Å²) in [4.78, 5) is 11.7. The van der Waals surface area contributed by atoms with E-state index >= 15 is 0 Å². The smallest absolute Gasteiger partial charge is 0.172 e. The molecule has 15 heavy (non-hydrogen) atoms. The Labute approximate surface area is 92.4 Å². The molecule has 0 aromatic carbocycles. The SMILES string of the molecule is CC(C)C(=O)C(C)(F)CC1CCCCC1. The summed E-state index contributed by atoms with van der Waals surface area (Å²) in [7, 11) is 0. The van der Waals surface area contributed by atoms with Gasteiger partial charge in [0.15, 0.2) is 11.5 Å². The third-order valence-corrected chi connectivity index (χ3v) is 3.43. The van der Waals surface area contributed by atoms with Gasteiger partial charge in [-0.15, -0.1) is 0 Å². The van der Waals surface area contributed by atoms with Crippen molar-refractivity contribution < 1.29 is 9.18 Å². The number of halogens is 1. The van der Waals surface area contributed by atoms with E-state index in [1.54, 1.807) is 13.8 Å². The Bertz CT molecular complexity index is 215. The van der Waals surface area contributed by atoms with E-state index < -0.39 is 5.67 Å². The first-order valence-corrected chi connectivity index (χ1v) is 6.16. The zero-order valence-electron chi connectivity index (χ0n) is 10.2. The van der Waals surface area contributed by atoms with Crippen LogP contribution in [0.3, 0.4) is 0 Å². The van der Waals surface area contributed by atoms with Crippen molar-refractivity contribution in [3.63, 3.8) is 0 Å². The van der Waals surface area contributed by atoms with Gasteiger partial charge in [0.05, 0.1) is 0 Å². The van der Waals surface area contributed by atoms with Crippen LogP contribution in [0.4, 0.5) is 4.39 Å². The predicted molar refractivity (Wildman–Crippen MR) is 60.6 cm³/mol. The van der Waals surface area contributed by atoms with E-state index in [4.69, 9.17) is 0 Å². The fourth-order valence-corrected chi connectivity index (χ4v) is 2.64. The van der Waals surface area contributed by atoms with E-state index in [2.05, 4.69) is 0 Å². The van der Waals surface area contributed by atoms with Crippen LogP contribution in [0.2, 0.25) is 0 Å². The Kier molecular flexibility index (Phi) is 4.30. The highest BCUT2D eigenvalue weighted by Gasteiger charge is 2.36. The summed E-state index contributed by atoms with van der Waals surface area (Å²) >= 11 is 0. The summed E-state index contributed by atoms with van der Waals surface area (Å²) in [6.45, 7) is 5.02. The number of rotatable bonds is 4. The third kappa shape index (κ3) is 3.58. The molecule has 0 aliphatic heterocycles. The Hall–Kier alpha value is -0.400. The average Bonchev–Trinajstić information content (AvgIpc) is 2.17. The average molecular weight is 214 g/mol. The van der Waals surface area contributed by atoms with Crippen LogP contribution < -0.4 is 0 Å². The van der Waals surface area contributed by atoms with Crippen LogP contribution in [-0.4, -0.2) is 11.5 Å². The van der Waals surface area contributed by atoms with Crippen molar-refractivity contribution >= 4 is 5.78 Å². The van der Waals surface area contributed by atoms with E-state index in [0.717, 1.165) is 12.8 Å². The molecular formula is C13H23FO. The topological polar surface area (TPSA) is 17.1 Å². The van der Waals surface area contributed by atoms with Gasteiger partial charge in [0.1, 0.15) is 0 Å². The van der Waals surface area contributed by atoms with E-state index in [1.165, 1.54) is 26.2 Å². The van der Waals surface area contributed by atoms with Crippen LogP contribution >= 0.6 is 0 Å². The molecule has 0 heterocycles. The first-order valence-electron chi connectivity index (χ1n) is 6.16. The summed E-state index contributed by atoms with van der Waals surface area (Å²) < 4.78 is 14.2. The molecule has 0 aromatic rings. The molecule has 0 spiro atoms. The van der Waals surface area contributed by atoms with Crippen molar-refractivity contribution in [3.8, 4) is 0 Å². The molecule has 0 aromatic heterocycles. The van der Waals surface area contributed by atoms with E-state index in [9.17, 15) is 9.18 Å². The molecule has 0 saturated heterocycles. The zero-order valence-corrected chi connectivity index (χ0v) is 10.2. The first-order chi connectivity index (χ1) is 6.93. The highest BCUT2D eigenvalue weighted by Crippen LogP contribution is 2.33. The molecular weight excluding hydrogens is 191 g/mol. The number of hydrogen-bond acceptors (Lipinski definition) is 1. The summed E-state index contributed by atoms with van der Waals surface area (Å²) in [5.41, 5.74) is -1.60. The molecule has 1 atom stereocenters. The quantitative estimate of drug-likeness (QED) is 0.693. The van der Waals surface area contributed by atoms with Gasteiger partial charge in [0, 0.05) is 5.92 Å². The minimum Gasteiger partial charge on any atom is -0.296 e. The van der Waals surface area contributed by atoms with Crippen LogP contribution in [0, 0.1) is 11.8 Å². The molecule has 88 valence electrons. The molecule has 1 aliphatic carbocycles. The van der Waals surface area contributed by atoms with Crippen molar-refractivity contribution in [1.29, 1.82) is 0 Å². The molecule has 1 fully saturated rings. The Morgan fingerprint density at radius 2 is 1.87 bits per heavy atom. The number of carbonyl (C=O) groups excluding carboxylic acids is 1. The Morgan fingerprint density at radius 1 is 1.33 bits per heavy atom. The molecule has 1 aliphatic rings. The molecule has 0 N–H and O–H groups in total. The van der Waals surface area contributed by atoms with E-state index in [0.29, 0.717) is 12.3 Å². The van der Waals surface area contributed by atoms with Crippen molar-refractivity contribution in [2.75, 3.05) is 0 Å². The van der Waals surface area contributed by atoms with Crippen LogP contribution in [0.1, 0.15) is 59.3 Å². The van der Waals surface area contributed by atoms with Crippen molar-refractivity contribution in [3.05, 3.63) is 0 Å². The van der Waals surface area contributed by atoms with Crippen molar-refractivity contribution in [2.24, 2.45) is 11.8 Å². The molecule has 0 amide bonds. The van der Waals surface area contributed by atoms with Gasteiger partial charge in [-0.25, -0.2) is 4.39 Å². The van der Waals surface area contributed by atoms with Crippen molar-refractivity contribution in [1.82, 2.24) is 0 Å². The van der Waals surface area contributed by atoms with Crippen LogP contribution in [-0.2, 0) is 4.79 Å². The zero-order chi connectivity index (χ0) is 11.5. The fourth-order valence-electron chi connectivity index (χ4n) is 2.64.